The fourth-order valence-electron chi connectivity index (χ4n) is 0.398. The average molecular weight is 158 g/mol. The van der Waals surface area contributed by atoms with E-state index in [-0.39, 0.29) is 12.1 Å². The largest absolute Gasteiger partial charge is 0.460 e. The van der Waals surface area contributed by atoms with E-state index in [0.29, 0.717) is 13.2 Å². The Morgan fingerprint density at radius 3 is 2.73 bits per heavy atom. The average Bonchev–Trinajstić information content (AvgIpc) is 2.87. The molecule has 0 aromatic rings. The van der Waals surface area contributed by atoms with Crippen LogP contribution in [0.4, 0.5) is 0 Å². The number of epoxide rings is 1. The van der Waals surface area contributed by atoms with Crippen LogP contribution in [0.5, 0.6) is 0 Å². The van der Waals surface area contributed by atoms with Crippen LogP contribution in [0.25, 0.3) is 0 Å². The summed E-state index contributed by atoms with van der Waals surface area (Å²) in [4.78, 5) is 10.3. The Morgan fingerprint density at radius 1 is 1.82 bits per heavy atom. The van der Waals surface area contributed by atoms with E-state index in [1.54, 1.807) is 0 Å². The number of hydrogen-bond acceptors (Lipinski definition) is 3. The van der Waals surface area contributed by atoms with Crippen molar-refractivity contribution < 1.29 is 14.3 Å². The van der Waals surface area contributed by atoms with Crippen molar-refractivity contribution in [3.05, 3.63) is 12.7 Å². The standard InChI is InChI=1S/C6H8O3.C2H6/c1-2-6(7)9-4-5-3-8-5;1-2/h2,5H,1,3-4H2;1-2H3. The maximum absolute atomic E-state index is 10.3. The molecule has 0 aliphatic carbocycles. The van der Waals surface area contributed by atoms with E-state index in [0.717, 1.165) is 6.08 Å². The highest BCUT2D eigenvalue weighted by molar-refractivity contribution is 5.81. The van der Waals surface area contributed by atoms with Crippen molar-refractivity contribution in [3.8, 4) is 0 Å². The summed E-state index contributed by atoms with van der Waals surface area (Å²) in [6.07, 6.45) is 1.29. The molecule has 0 N–H and O–H groups in total. The highest BCUT2D eigenvalue weighted by Gasteiger charge is 2.23. The summed E-state index contributed by atoms with van der Waals surface area (Å²) >= 11 is 0. The summed E-state index contributed by atoms with van der Waals surface area (Å²) < 4.78 is 9.42. The molecule has 1 atom stereocenters. The molecule has 64 valence electrons. The minimum absolute atomic E-state index is 0.147. The van der Waals surface area contributed by atoms with Gasteiger partial charge >= 0.3 is 5.97 Å². The zero-order valence-electron chi connectivity index (χ0n) is 7.00. The molecular weight excluding hydrogens is 144 g/mol. The molecule has 1 unspecified atom stereocenters. The van der Waals surface area contributed by atoms with Crippen LogP contribution in [0.3, 0.4) is 0 Å². The predicted octanol–water partition coefficient (Wildman–Crippen LogP) is 1.14. The van der Waals surface area contributed by atoms with E-state index in [2.05, 4.69) is 11.3 Å². The van der Waals surface area contributed by atoms with Gasteiger partial charge in [0.05, 0.1) is 6.61 Å². The van der Waals surface area contributed by atoms with Crippen LogP contribution in [0.1, 0.15) is 13.8 Å². The van der Waals surface area contributed by atoms with Crippen molar-refractivity contribution in [2.45, 2.75) is 20.0 Å². The number of rotatable bonds is 3. The molecule has 1 aliphatic heterocycles. The molecule has 0 spiro atoms. The van der Waals surface area contributed by atoms with E-state index in [1.165, 1.54) is 0 Å². The van der Waals surface area contributed by atoms with Crippen LogP contribution in [-0.2, 0) is 14.3 Å². The summed E-state index contributed by atoms with van der Waals surface area (Å²) in [5.74, 6) is -0.384. The van der Waals surface area contributed by atoms with Crippen LogP contribution in [0.15, 0.2) is 12.7 Å². The molecule has 0 radical (unpaired) electrons. The number of ether oxygens (including phenoxy) is 2. The third-order valence-corrected chi connectivity index (χ3v) is 0.981. The molecule has 1 saturated heterocycles. The summed E-state index contributed by atoms with van der Waals surface area (Å²) in [6, 6.07) is 0. The molecule has 1 rings (SSSR count). The Balaban J connectivity index is 0.000000461. The predicted molar refractivity (Wildman–Crippen MR) is 42.2 cm³/mol. The highest BCUT2D eigenvalue weighted by atomic mass is 16.6. The van der Waals surface area contributed by atoms with Gasteiger partial charge in [0, 0.05) is 6.08 Å². The lowest BCUT2D eigenvalue weighted by molar-refractivity contribution is -0.138. The molecule has 3 heteroatoms. The number of hydrogen-bond donors (Lipinski definition) is 0. The fourth-order valence-corrected chi connectivity index (χ4v) is 0.398. The maximum atomic E-state index is 10.3. The van der Waals surface area contributed by atoms with Crippen LogP contribution in [-0.4, -0.2) is 25.3 Å². The van der Waals surface area contributed by atoms with Gasteiger partial charge in [0.2, 0.25) is 0 Å². The van der Waals surface area contributed by atoms with Crippen molar-refractivity contribution in [3.63, 3.8) is 0 Å². The zero-order chi connectivity index (χ0) is 8.69. The van der Waals surface area contributed by atoms with Crippen molar-refractivity contribution in [2.75, 3.05) is 13.2 Å². The quantitative estimate of drug-likeness (QED) is 0.351. The summed E-state index contributed by atoms with van der Waals surface area (Å²) in [7, 11) is 0. The van der Waals surface area contributed by atoms with E-state index < -0.39 is 0 Å². The first-order chi connectivity index (χ1) is 5.33. The third kappa shape index (κ3) is 5.61. The van der Waals surface area contributed by atoms with E-state index in [1.807, 2.05) is 13.8 Å². The second-order valence-corrected chi connectivity index (χ2v) is 1.79. The van der Waals surface area contributed by atoms with Gasteiger partial charge in [0.25, 0.3) is 0 Å². The van der Waals surface area contributed by atoms with Gasteiger partial charge in [-0.2, -0.15) is 0 Å². The van der Waals surface area contributed by atoms with Gasteiger partial charge in [0.15, 0.2) is 0 Å². The van der Waals surface area contributed by atoms with Gasteiger partial charge in [0.1, 0.15) is 12.7 Å². The second-order valence-electron chi connectivity index (χ2n) is 1.79. The third-order valence-electron chi connectivity index (χ3n) is 0.981. The van der Waals surface area contributed by atoms with Gasteiger partial charge in [-0.15, -0.1) is 0 Å². The molecule has 0 aromatic carbocycles. The summed E-state index contributed by atoms with van der Waals surface area (Å²) in [5, 5.41) is 0. The Morgan fingerprint density at radius 2 is 2.36 bits per heavy atom. The zero-order valence-corrected chi connectivity index (χ0v) is 7.00. The Labute approximate surface area is 67.0 Å². The lowest BCUT2D eigenvalue weighted by Gasteiger charge is -1.94. The normalized spacial score (nSPS) is 19.3. The van der Waals surface area contributed by atoms with Crippen molar-refractivity contribution in [1.82, 2.24) is 0 Å². The molecule has 3 nitrogen and oxygen atoms in total. The van der Waals surface area contributed by atoms with Gasteiger partial charge in [-0.05, 0) is 0 Å². The molecular formula is C8H14O3. The lowest BCUT2D eigenvalue weighted by atomic mass is 10.5. The van der Waals surface area contributed by atoms with Gasteiger partial charge in [-0.25, -0.2) is 4.79 Å². The Bertz CT molecular complexity index is 127. The van der Waals surface area contributed by atoms with Crippen molar-refractivity contribution in [2.24, 2.45) is 0 Å². The monoisotopic (exact) mass is 158 g/mol. The van der Waals surface area contributed by atoms with Gasteiger partial charge < -0.3 is 9.47 Å². The first kappa shape index (κ1) is 10.2. The van der Waals surface area contributed by atoms with E-state index in [4.69, 9.17) is 4.74 Å². The minimum atomic E-state index is -0.384. The molecule has 0 amide bonds. The molecule has 1 fully saturated rings. The summed E-state index contributed by atoms with van der Waals surface area (Å²) in [5.41, 5.74) is 0. The first-order valence-electron chi connectivity index (χ1n) is 3.73. The molecule has 0 saturated carbocycles. The van der Waals surface area contributed by atoms with Crippen molar-refractivity contribution >= 4 is 5.97 Å². The summed E-state index contributed by atoms with van der Waals surface area (Å²) in [6.45, 7) is 8.32. The molecule has 1 heterocycles. The Hall–Kier alpha value is -0.830. The minimum Gasteiger partial charge on any atom is -0.460 e. The molecule has 1 aliphatic rings. The number of carbonyl (C=O) groups excluding carboxylic acids is 1. The Kier molecular flexibility index (Phi) is 5.47. The van der Waals surface area contributed by atoms with Crippen LogP contribution in [0, 0.1) is 0 Å². The smallest absolute Gasteiger partial charge is 0.330 e. The molecule has 11 heavy (non-hydrogen) atoms. The van der Waals surface area contributed by atoms with Crippen LogP contribution in [0.2, 0.25) is 0 Å². The van der Waals surface area contributed by atoms with E-state index >= 15 is 0 Å². The first-order valence-corrected chi connectivity index (χ1v) is 3.73. The molecule has 0 bridgehead atoms. The maximum Gasteiger partial charge on any atom is 0.330 e. The van der Waals surface area contributed by atoms with Crippen LogP contribution < -0.4 is 0 Å². The number of carbonyl (C=O) groups is 1. The van der Waals surface area contributed by atoms with E-state index in [9.17, 15) is 4.79 Å². The SMILES string of the molecule is C=CC(=O)OCC1CO1.CC. The molecule has 0 aromatic heterocycles. The van der Waals surface area contributed by atoms with Crippen LogP contribution >= 0.6 is 0 Å². The fraction of sp³-hybridized carbons (Fsp3) is 0.625. The number of esters is 1. The lowest BCUT2D eigenvalue weighted by Crippen LogP contribution is -2.06. The van der Waals surface area contributed by atoms with Crippen molar-refractivity contribution in [1.29, 1.82) is 0 Å². The topological polar surface area (TPSA) is 38.8 Å². The second kappa shape index (κ2) is 5.92. The highest BCUT2D eigenvalue weighted by Crippen LogP contribution is 2.08. The van der Waals surface area contributed by atoms with Gasteiger partial charge in [-0.1, -0.05) is 20.4 Å². The van der Waals surface area contributed by atoms with Gasteiger partial charge in [-0.3, -0.25) is 0 Å².